The lowest BCUT2D eigenvalue weighted by atomic mass is 10.1. The molecule has 0 aliphatic heterocycles. The molecule has 128 valence electrons. The predicted octanol–water partition coefficient (Wildman–Crippen LogP) is 4.06. The van der Waals surface area contributed by atoms with Gasteiger partial charge in [0, 0.05) is 0 Å². The van der Waals surface area contributed by atoms with Crippen LogP contribution in [0.2, 0.25) is 0 Å². The predicted molar refractivity (Wildman–Crippen MR) is 98.7 cm³/mol. The minimum Gasteiger partial charge on any atom is -0.496 e. The summed E-state index contributed by atoms with van der Waals surface area (Å²) in [5.74, 6) is 0.327. The minimum absolute atomic E-state index is 0.216. The van der Waals surface area contributed by atoms with Gasteiger partial charge in [0.25, 0.3) is 5.91 Å². The van der Waals surface area contributed by atoms with Gasteiger partial charge in [0.1, 0.15) is 5.75 Å². The number of carbonyl (C=O) groups is 1. The van der Waals surface area contributed by atoms with E-state index >= 15 is 0 Å². The van der Waals surface area contributed by atoms with Gasteiger partial charge in [-0.1, -0.05) is 29.8 Å². The first-order chi connectivity index (χ1) is 12.0. The highest BCUT2D eigenvalue weighted by Crippen LogP contribution is 2.25. The standard InChI is InChI=1S/C20H21N3O2/c1-13-9-11-16(12-10-13)23-15(3)19(14(2)22-23)21-20(24)17-7-5-6-8-18(17)25-4/h5-12H,1-4H3,(H,21,24). The summed E-state index contributed by atoms with van der Waals surface area (Å²) in [5.41, 5.74) is 5.01. The van der Waals surface area contributed by atoms with Gasteiger partial charge in [0.05, 0.1) is 35.4 Å². The van der Waals surface area contributed by atoms with Crippen LogP contribution in [0.3, 0.4) is 0 Å². The second-order valence-corrected chi connectivity index (χ2v) is 5.95. The SMILES string of the molecule is COc1ccccc1C(=O)Nc1c(C)nn(-c2ccc(C)cc2)c1C. The second-order valence-electron chi connectivity index (χ2n) is 5.95. The molecule has 0 unspecified atom stereocenters. The van der Waals surface area contributed by atoms with Gasteiger partial charge in [-0.2, -0.15) is 5.10 Å². The number of rotatable bonds is 4. The molecule has 0 bridgehead atoms. The lowest BCUT2D eigenvalue weighted by Gasteiger charge is -2.10. The lowest BCUT2D eigenvalue weighted by Crippen LogP contribution is -2.14. The molecule has 1 aromatic heterocycles. The van der Waals surface area contributed by atoms with E-state index in [2.05, 4.69) is 10.4 Å². The van der Waals surface area contributed by atoms with Crippen molar-refractivity contribution >= 4 is 11.6 Å². The fourth-order valence-corrected chi connectivity index (χ4v) is 2.77. The van der Waals surface area contributed by atoms with Crippen LogP contribution in [-0.4, -0.2) is 22.8 Å². The Bertz CT molecular complexity index is 911. The molecule has 2 aromatic carbocycles. The molecule has 25 heavy (non-hydrogen) atoms. The van der Waals surface area contributed by atoms with Crippen LogP contribution in [0.15, 0.2) is 48.5 Å². The average molecular weight is 335 g/mol. The van der Waals surface area contributed by atoms with Gasteiger partial charge < -0.3 is 10.1 Å². The number of hydrogen-bond donors (Lipinski definition) is 1. The highest BCUT2D eigenvalue weighted by Gasteiger charge is 2.18. The van der Waals surface area contributed by atoms with E-state index in [1.54, 1.807) is 19.2 Å². The average Bonchev–Trinajstić information content (AvgIpc) is 2.90. The Morgan fingerprint density at radius 2 is 1.72 bits per heavy atom. The van der Waals surface area contributed by atoms with Crippen LogP contribution in [-0.2, 0) is 0 Å². The van der Waals surface area contributed by atoms with Crippen LogP contribution >= 0.6 is 0 Å². The topological polar surface area (TPSA) is 56.1 Å². The maximum Gasteiger partial charge on any atom is 0.259 e. The highest BCUT2D eigenvalue weighted by molar-refractivity contribution is 6.06. The normalized spacial score (nSPS) is 10.6. The summed E-state index contributed by atoms with van der Waals surface area (Å²) in [6.45, 7) is 5.87. The van der Waals surface area contributed by atoms with E-state index in [0.29, 0.717) is 11.3 Å². The van der Waals surface area contributed by atoms with Crippen LogP contribution < -0.4 is 10.1 Å². The zero-order valence-electron chi connectivity index (χ0n) is 14.8. The molecule has 0 spiro atoms. The van der Waals surface area contributed by atoms with Crippen LogP contribution in [0.5, 0.6) is 5.75 Å². The van der Waals surface area contributed by atoms with Crippen LogP contribution in [0.1, 0.15) is 27.3 Å². The number of methoxy groups -OCH3 is 1. The van der Waals surface area contributed by atoms with E-state index in [1.165, 1.54) is 5.56 Å². The molecular weight excluding hydrogens is 314 g/mol. The quantitative estimate of drug-likeness (QED) is 0.782. The molecular formula is C20H21N3O2. The maximum atomic E-state index is 12.7. The monoisotopic (exact) mass is 335 g/mol. The van der Waals surface area contributed by atoms with Crippen molar-refractivity contribution in [2.45, 2.75) is 20.8 Å². The van der Waals surface area contributed by atoms with Crippen molar-refractivity contribution in [2.24, 2.45) is 0 Å². The van der Waals surface area contributed by atoms with E-state index in [4.69, 9.17) is 4.74 Å². The molecule has 0 saturated heterocycles. The molecule has 0 radical (unpaired) electrons. The molecule has 0 fully saturated rings. The Kier molecular flexibility index (Phi) is 4.57. The van der Waals surface area contributed by atoms with E-state index in [9.17, 15) is 4.79 Å². The van der Waals surface area contributed by atoms with E-state index in [-0.39, 0.29) is 5.91 Å². The Morgan fingerprint density at radius 3 is 2.40 bits per heavy atom. The van der Waals surface area contributed by atoms with Gasteiger partial charge in [0.2, 0.25) is 0 Å². The van der Waals surface area contributed by atoms with E-state index in [0.717, 1.165) is 22.8 Å². The molecule has 0 aliphatic rings. The number of nitrogens with zero attached hydrogens (tertiary/aromatic N) is 2. The highest BCUT2D eigenvalue weighted by atomic mass is 16.5. The number of carbonyl (C=O) groups excluding carboxylic acids is 1. The summed E-state index contributed by atoms with van der Waals surface area (Å²) in [6, 6.07) is 15.3. The smallest absolute Gasteiger partial charge is 0.259 e. The molecule has 0 atom stereocenters. The first kappa shape index (κ1) is 16.8. The lowest BCUT2D eigenvalue weighted by molar-refractivity contribution is 0.102. The first-order valence-electron chi connectivity index (χ1n) is 8.09. The zero-order valence-corrected chi connectivity index (χ0v) is 14.8. The van der Waals surface area contributed by atoms with Crippen LogP contribution in [0.4, 0.5) is 5.69 Å². The number of para-hydroxylation sites is 1. The fourth-order valence-electron chi connectivity index (χ4n) is 2.77. The van der Waals surface area contributed by atoms with Gasteiger partial charge in [-0.15, -0.1) is 0 Å². The molecule has 3 aromatic rings. The van der Waals surface area contributed by atoms with Crippen LogP contribution in [0, 0.1) is 20.8 Å². The van der Waals surface area contributed by atoms with Crippen molar-refractivity contribution < 1.29 is 9.53 Å². The van der Waals surface area contributed by atoms with Crippen LogP contribution in [0.25, 0.3) is 5.69 Å². The molecule has 0 aliphatic carbocycles. The van der Waals surface area contributed by atoms with Gasteiger partial charge in [-0.25, -0.2) is 4.68 Å². The number of hydrogen-bond acceptors (Lipinski definition) is 3. The second kappa shape index (κ2) is 6.81. The molecule has 0 saturated carbocycles. The fraction of sp³-hybridized carbons (Fsp3) is 0.200. The molecule has 5 nitrogen and oxygen atoms in total. The van der Waals surface area contributed by atoms with E-state index in [1.807, 2.05) is 61.9 Å². The molecule has 5 heteroatoms. The summed E-state index contributed by atoms with van der Waals surface area (Å²) in [7, 11) is 1.55. The number of nitrogens with one attached hydrogen (secondary N) is 1. The number of aromatic nitrogens is 2. The number of ether oxygens (including phenoxy) is 1. The third-order valence-electron chi connectivity index (χ3n) is 4.16. The van der Waals surface area contributed by atoms with E-state index < -0.39 is 0 Å². The Morgan fingerprint density at radius 1 is 1.04 bits per heavy atom. The summed E-state index contributed by atoms with van der Waals surface area (Å²) in [5, 5.41) is 7.54. The summed E-state index contributed by atoms with van der Waals surface area (Å²) in [6.07, 6.45) is 0. The van der Waals surface area contributed by atoms with Crippen molar-refractivity contribution in [1.82, 2.24) is 9.78 Å². The zero-order chi connectivity index (χ0) is 18.0. The third kappa shape index (κ3) is 3.26. The Labute approximate surface area is 147 Å². The van der Waals surface area contributed by atoms with Gasteiger partial charge in [-0.3, -0.25) is 4.79 Å². The molecule has 1 heterocycles. The molecule has 3 rings (SSSR count). The minimum atomic E-state index is -0.216. The van der Waals surface area contributed by atoms with Gasteiger partial charge in [0.15, 0.2) is 0 Å². The number of benzene rings is 2. The Balaban J connectivity index is 1.93. The number of aryl methyl sites for hydroxylation is 2. The van der Waals surface area contributed by atoms with Crippen molar-refractivity contribution in [1.29, 1.82) is 0 Å². The number of anilines is 1. The van der Waals surface area contributed by atoms with Gasteiger partial charge in [-0.05, 0) is 45.0 Å². The van der Waals surface area contributed by atoms with Crippen molar-refractivity contribution in [3.8, 4) is 11.4 Å². The Hall–Kier alpha value is -3.08. The first-order valence-corrected chi connectivity index (χ1v) is 8.09. The summed E-state index contributed by atoms with van der Waals surface area (Å²) >= 11 is 0. The van der Waals surface area contributed by atoms with Crippen molar-refractivity contribution in [2.75, 3.05) is 12.4 Å². The third-order valence-corrected chi connectivity index (χ3v) is 4.16. The summed E-state index contributed by atoms with van der Waals surface area (Å²) in [4.78, 5) is 12.7. The number of amides is 1. The molecule has 1 amide bonds. The van der Waals surface area contributed by atoms with Crippen molar-refractivity contribution in [3.63, 3.8) is 0 Å². The van der Waals surface area contributed by atoms with Crippen molar-refractivity contribution in [3.05, 3.63) is 71.0 Å². The maximum absolute atomic E-state index is 12.7. The van der Waals surface area contributed by atoms with Gasteiger partial charge >= 0.3 is 0 Å². The summed E-state index contributed by atoms with van der Waals surface area (Å²) < 4.78 is 7.11. The molecule has 1 N–H and O–H groups in total. The largest absolute Gasteiger partial charge is 0.496 e.